The Balaban J connectivity index is 0.000000640. The average molecular weight is 230 g/mol. The van der Waals surface area contributed by atoms with Crippen LogP contribution in [0.25, 0.3) is 0 Å². The van der Waals surface area contributed by atoms with Gasteiger partial charge in [-0.25, -0.2) is 0 Å². The molecule has 2 nitrogen and oxygen atoms in total. The first-order chi connectivity index (χ1) is 3.72. The number of nitrogens with two attached hydrogens (primary N) is 1. The van der Waals surface area contributed by atoms with E-state index in [1.165, 1.54) is 11.5 Å². The van der Waals surface area contributed by atoms with Crippen molar-refractivity contribution in [2.75, 3.05) is 5.73 Å². The third-order valence-corrected chi connectivity index (χ3v) is 2.47. The van der Waals surface area contributed by atoms with Gasteiger partial charge in [0.15, 0.2) is 0 Å². The van der Waals surface area contributed by atoms with Crippen LogP contribution in [0.3, 0.4) is 0 Å². The van der Waals surface area contributed by atoms with E-state index in [4.69, 9.17) is 5.73 Å². The second-order valence-corrected chi connectivity index (χ2v) is 3.55. The second kappa shape index (κ2) is 3.39. The highest BCUT2D eigenvalue weighted by Crippen LogP contribution is 2.26. The summed E-state index contributed by atoms with van der Waals surface area (Å²) >= 11 is 4.62. The Hall–Kier alpha value is 0.200. The molecule has 1 rings (SSSR count). The molecule has 0 aliphatic carbocycles. The summed E-state index contributed by atoms with van der Waals surface area (Å²) in [7, 11) is 0. The van der Waals surface area contributed by atoms with Crippen LogP contribution in [0, 0.1) is 6.92 Å². The zero-order valence-corrected chi connectivity index (χ0v) is 7.94. The van der Waals surface area contributed by atoms with Crippen molar-refractivity contribution in [3.8, 4) is 0 Å². The molecule has 0 amide bonds. The molecule has 0 unspecified atom stereocenters. The van der Waals surface area contributed by atoms with Gasteiger partial charge in [0.2, 0.25) is 0 Å². The quantitative estimate of drug-likeness (QED) is 0.741. The molecule has 0 atom stereocenters. The standard InChI is InChI=1S/C4H5BrN2S.ClH/c1-2-3(6)4(5)8-7-2;/h6H2,1H3;1H. The number of halogens is 2. The van der Waals surface area contributed by atoms with Gasteiger partial charge < -0.3 is 5.73 Å². The summed E-state index contributed by atoms with van der Waals surface area (Å²) in [5.74, 6) is 0. The average Bonchev–Trinajstić information content (AvgIpc) is 1.98. The van der Waals surface area contributed by atoms with Crippen molar-refractivity contribution >= 4 is 45.6 Å². The van der Waals surface area contributed by atoms with Gasteiger partial charge in [-0.15, -0.1) is 12.4 Å². The molecule has 1 aromatic heterocycles. The van der Waals surface area contributed by atoms with Crippen molar-refractivity contribution in [3.63, 3.8) is 0 Å². The summed E-state index contributed by atoms with van der Waals surface area (Å²) in [6.07, 6.45) is 0. The molecule has 52 valence electrons. The van der Waals surface area contributed by atoms with Gasteiger partial charge >= 0.3 is 0 Å². The topological polar surface area (TPSA) is 38.9 Å². The lowest BCUT2D eigenvalue weighted by Crippen LogP contribution is -1.84. The van der Waals surface area contributed by atoms with E-state index in [1.54, 1.807) is 0 Å². The molecule has 1 heterocycles. The molecule has 1 aromatic rings. The van der Waals surface area contributed by atoms with Gasteiger partial charge in [0.25, 0.3) is 0 Å². The monoisotopic (exact) mass is 228 g/mol. The molecule has 0 aromatic carbocycles. The van der Waals surface area contributed by atoms with Crippen LogP contribution in [-0.2, 0) is 0 Å². The molecule has 2 N–H and O–H groups in total. The fourth-order valence-electron chi connectivity index (χ4n) is 0.349. The van der Waals surface area contributed by atoms with E-state index >= 15 is 0 Å². The minimum Gasteiger partial charge on any atom is -0.396 e. The van der Waals surface area contributed by atoms with Crippen molar-refractivity contribution in [1.82, 2.24) is 4.37 Å². The molecule has 5 heteroatoms. The number of nitrogens with zero attached hydrogens (tertiary/aromatic N) is 1. The van der Waals surface area contributed by atoms with E-state index in [9.17, 15) is 0 Å². The zero-order chi connectivity index (χ0) is 6.15. The molecule has 0 radical (unpaired) electrons. The normalized spacial score (nSPS) is 8.67. The molecular formula is C4H6BrClN2S. The van der Waals surface area contributed by atoms with Crippen molar-refractivity contribution in [3.05, 3.63) is 9.48 Å². The smallest absolute Gasteiger partial charge is 0.114 e. The van der Waals surface area contributed by atoms with E-state index in [-0.39, 0.29) is 12.4 Å². The maximum atomic E-state index is 5.50. The molecule has 0 spiro atoms. The highest BCUT2D eigenvalue weighted by molar-refractivity contribution is 9.11. The predicted molar refractivity (Wildman–Crippen MR) is 46.2 cm³/mol. The minimum atomic E-state index is 0. The lowest BCUT2D eigenvalue weighted by atomic mass is 10.4. The second-order valence-electron chi connectivity index (χ2n) is 1.46. The molecule has 0 aliphatic rings. The van der Waals surface area contributed by atoms with Gasteiger partial charge in [-0.2, -0.15) is 4.37 Å². The van der Waals surface area contributed by atoms with Crippen LogP contribution in [0.4, 0.5) is 5.69 Å². The Morgan fingerprint density at radius 1 is 1.67 bits per heavy atom. The third kappa shape index (κ3) is 1.81. The van der Waals surface area contributed by atoms with E-state index in [1.807, 2.05) is 6.92 Å². The van der Waals surface area contributed by atoms with Gasteiger partial charge in [-0.05, 0) is 34.4 Å². The Labute approximate surface area is 72.2 Å². The number of aromatic nitrogens is 1. The Morgan fingerprint density at radius 2 is 2.22 bits per heavy atom. The highest BCUT2D eigenvalue weighted by Gasteiger charge is 2.00. The summed E-state index contributed by atoms with van der Waals surface area (Å²) in [5.41, 5.74) is 7.17. The van der Waals surface area contributed by atoms with Crippen molar-refractivity contribution in [1.29, 1.82) is 0 Å². The molecular weight excluding hydrogens is 223 g/mol. The Bertz CT molecular complexity index is 181. The lowest BCUT2D eigenvalue weighted by molar-refractivity contribution is 1.35. The van der Waals surface area contributed by atoms with Crippen molar-refractivity contribution < 1.29 is 0 Å². The summed E-state index contributed by atoms with van der Waals surface area (Å²) in [5, 5.41) is 0. The molecule has 0 aliphatic heterocycles. The van der Waals surface area contributed by atoms with Gasteiger partial charge in [0.1, 0.15) is 3.79 Å². The highest BCUT2D eigenvalue weighted by atomic mass is 79.9. The summed E-state index contributed by atoms with van der Waals surface area (Å²) in [4.78, 5) is 0. The number of hydrogen-bond acceptors (Lipinski definition) is 3. The van der Waals surface area contributed by atoms with Crippen LogP contribution < -0.4 is 5.73 Å². The fraction of sp³-hybridized carbons (Fsp3) is 0.250. The number of rotatable bonds is 0. The first-order valence-corrected chi connectivity index (χ1v) is 3.65. The van der Waals surface area contributed by atoms with E-state index in [0.29, 0.717) is 0 Å². The van der Waals surface area contributed by atoms with Crippen LogP contribution in [0.5, 0.6) is 0 Å². The van der Waals surface area contributed by atoms with E-state index in [0.717, 1.165) is 15.2 Å². The number of anilines is 1. The Morgan fingerprint density at radius 3 is 2.33 bits per heavy atom. The number of nitrogen functional groups attached to an aromatic ring is 1. The first kappa shape index (κ1) is 9.20. The largest absolute Gasteiger partial charge is 0.396 e. The van der Waals surface area contributed by atoms with E-state index in [2.05, 4.69) is 20.3 Å². The molecule has 0 saturated heterocycles. The zero-order valence-electron chi connectivity index (χ0n) is 4.72. The van der Waals surface area contributed by atoms with Crippen LogP contribution in [0.2, 0.25) is 0 Å². The summed E-state index contributed by atoms with van der Waals surface area (Å²) < 4.78 is 4.91. The summed E-state index contributed by atoms with van der Waals surface area (Å²) in [6.45, 7) is 1.89. The van der Waals surface area contributed by atoms with E-state index < -0.39 is 0 Å². The third-order valence-electron chi connectivity index (χ3n) is 0.864. The fourth-order valence-corrected chi connectivity index (χ4v) is 1.41. The molecule has 9 heavy (non-hydrogen) atoms. The summed E-state index contributed by atoms with van der Waals surface area (Å²) in [6, 6.07) is 0. The SMILES string of the molecule is Cc1nsc(Br)c1N.Cl. The van der Waals surface area contributed by atoms with Crippen LogP contribution in [0.15, 0.2) is 3.79 Å². The maximum Gasteiger partial charge on any atom is 0.114 e. The van der Waals surface area contributed by atoms with Crippen molar-refractivity contribution in [2.24, 2.45) is 0 Å². The van der Waals surface area contributed by atoms with Crippen LogP contribution in [-0.4, -0.2) is 4.37 Å². The van der Waals surface area contributed by atoms with Gasteiger partial charge in [0, 0.05) is 0 Å². The number of hydrogen-bond donors (Lipinski definition) is 1. The Kier molecular flexibility index (Phi) is 3.46. The molecule has 0 saturated carbocycles. The van der Waals surface area contributed by atoms with Crippen LogP contribution >= 0.6 is 39.9 Å². The molecule has 0 fully saturated rings. The minimum absolute atomic E-state index is 0. The predicted octanol–water partition coefficient (Wildman–Crippen LogP) is 2.22. The number of aryl methyl sites for hydroxylation is 1. The van der Waals surface area contributed by atoms with Crippen molar-refractivity contribution in [2.45, 2.75) is 6.92 Å². The van der Waals surface area contributed by atoms with Gasteiger partial charge in [-0.3, -0.25) is 0 Å². The lowest BCUT2D eigenvalue weighted by Gasteiger charge is -1.83. The van der Waals surface area contributed by atoms with Crippen LogP contribution in [0.1, 0.15) is 5.69 Å². The maximum absolute atomic E-state index is 5.50. The van der Waals surface area contributed by atoms with Gasteiger partial charge in [-0.1, -0.05) is 0 Å². The molecule has 0 bridgehead atoms. The van der Waals surface area contributed by atoms with Gasteiger partial charge in [0.05, 0.1) is 11.4 Å². The first-order valence-electron chi connectivity index (χ1n) is 2.09.